The highest BCUT2D eigenvalue weighted by Crippen LogP contribution is 2.26. The molecule has 1 atom stereocenters. The van der Waals surface area contributed by atoms with Gasteiger partial charge >= 0.3 is 0 Å². The van der Waals surface area contributed by atoms with Crippen LogP contribution in [0.3, 0.4) is 0 Å². The second kappa shape index (κ2) is 4.56. The highest BCUT2D eigenvalue weighted by molar-refractivity contribution is 7.99. The van der Waals surface area contributed by atoms with Crippen molar-refractivity contribution in [2.45, 2.75) is 12.8 Å². The average molecular weight is 249 g/mol. The SMILES string of the molecule is COc1ccn2c(CC3CCSC3)nnc2c1. The Morgan fingerprint density at radius 3 is 3.24 bits per heavy atom. The molecule has 0 amide bonds. The number of hydrogen-bond donors (Lipinski definition) is 0. The average Bonchev–Trinajstić information content (AvgIpc) is 2.99. The zero-order chi connectivity index (χ0) is 11.7. The van der Waals surface area contributed by atoms with Crippen LogP contribution in [0.1, 0.15) is 12.2 Å². The van der Waals surface area contributed by atoms with E-state index in [0.717, 1.165) is 29.6 Å². The van der Waals surface area contributed by atoms with Gasteiger partial charge in [-0.15, -0.1) is 10.2 Å². The normalized spacial score (nSPS) is 19.9. The van der Waals surface area contributed by atoms with Crippen molar-refractivity contribution in [3.63, 3.8) is 0 Å². The molecule has 0 spiro atoms. The zero-order valence-corrected chi connectivity index (χ0v) is 10.6. The van der Waals surface area contributed by atoms with Crippen molar-refractivity contribution < 1.29 is 4.74 Å². The number of nitrogens with zero attached hydrogens (tertiary/aromatic N) is 3. The molecule has 3 heterocycles. The minimum absolute atomic E-state index is 0.759. The lowest BCUT2D eigenvalue weighted by atomic mass is 10.1. The fraction of sp³-hybridized carbons (Fsp3) is 0.500. The van der Waals surface area contributed by atoms with Crippen LogP contribution in [-0.2, 0) is 6.42 Å². The molecule has 0 radical (unpaired) electrons. The summed E-state index contributed by atoms with van der Waals surface area (Å²) in [5.41, 5.74) is 0.866. The van der Waals surface area contributed by atoms with Crippen LogP contribution in [0.15, 0.2) is 18.3 Å². The summed E-state index contributed by atoms with van der Waals surface area (Å²) in [6.07, 6.45) is 4.32. The van der Waals surface area contributed by atoms with Gasteiger partial charge in [0.25, 0.3) is 0 Å². The van der Waals surface area contributed by atoms with Crippen molar-refractivity contribution >= 4 is 17.4 Å². The maximum absolute atomic E-state index is 5.18. The number of pyridine rings is 1. The molecule has 1 fully saturated rings. The van der Waals surface area contributed by atoms with Gasteiger partial charge in [0.2, 0.25) is 0 Å². The molecule has 1 unspecified atom stereocenters. The standard InChI is InChI=1S/C12H15N3OS/c1-16-10-2-4-15-11(13-14-12(15)7-10)6-9-3-5-17-8-9/h2,4,7,9H,3,5-6,8H2,1H3. The summed E-state index contributed by atoms with van der Waals surface area (Å²) in [6.45, 7) is 0. The summed E-state index contributed by atoms with van der Waals surface area (Å²) in [7, 11) is 1.67. The van der Waals surface area contributed by atoms with Crippen LogP contribution in [0.2, 0.25) is 0 Å². The van der Waals surface area contributed by atoms with Crippen LogP contribution in [0, 0.1) is 5.92 Å². The van der Waals surface area contributed by atoms with E-state index < -0.39 is 0 Å². The van der Waals surface area contributed by atoms with Gasteiger partial charge in [0.1, 0.15) is 11.6 Å². The van der Waals surface area contributed by atoms with Crippen LogP contribution < -0.4 is 4.74 Å². The maximum Gasteiger partial charge on any atom is 0.164 e. The highest BCUT2D eigenvalue weighted by Gasteiger charge is 2.18. The second-order valence-corrected chi connectivity index (χ2v) is 5.49. The van der Waals surface area contributed by atoms with Gasteiger partial charge in [-0.05, 0) is 29.9 Å². The Hall–Kier alpha value is -1.23. The van der Waals surface area contributed by atoms with E-state index in [-0.39, 0.29) is 0 Å². The van der Waals surface area contributed by atoms with Crippen molar-refractivity contribution in [3.8, 4) is 5.75 Å². The first-order chi connectivity index (χ1) is 8.36. The molecule has 3 rings (SSSR count). The smallest absolute Gasteiger partial charge is 0.164 e. The molecule has 4 nitrogen and oxygen atoms in total. The molecule has 2 aromatic heterocycles. The van der Waals surface area contributed by atoms with Gasteiger partial charge in [0.15, 0.2) is 5.65 Å². The Morgan fingerprint density at radius 1 is 1.53 bits per heavy atom. The Bertz CT molecular complexity index is 519. The summed E-state index contributed by atoms with van der Waals surface area (Å²) in [5.74, 6) is 5.19. The van der Waals surface area contributed by atoms with E-state index in [9.17, 15) is 0 Å². The molecular weight excluding hydrogens is 234 g/mol. The van der Waals surface area contributed by atoms with E-state index in [1.54, 1.807) is 7.11 Å². The number of thioether (sulfide) groups is 1. The van der Waals surface area contributed by atoms with Crippen molar-refractivity contribution in [2.24, 2.45) is 5.92 Å². The van der Waals surface area contributed by atoms with Gasteiger partial charge in [-0.25, -0.2) is 0 Å². The highest BCUT2D eigenvalue weighted by atomic mass is 32.2. The van der Waals surface area contributed by atoms with Crippen molar-refractivity contribution in [3.05, 3.63) is 24.2 Å². The van der Waals surface area contributed by atoms with Crippen LogP contribution in [0.5, 0.6) is 5.75 Å². The lowest BCUT2D eigenvalue weighted by Crippen LogP contribution is -2.06. The number of aromatic nitrogens is 3. The van der Waals surface area contributed by atoms with Crippen LogP contribution in [0.25, 0.3) is 5.65 Å². The van der Waals surface area contributed by atoms with E-state index >= 15 is 0 Å². The van der Waals surface area contributed by atoms with Gasteiger partial charge in [0, 0.05) is 18.7 Å². The molecule has 1 saturated heterocycles. The minimum Gasteiger partial charge on any atom is -0.497 e. The minimum atomic E-state index is 0.759. The molecule has 2 aromatic rings. The van der Waals surface area contributed by atoms with E-state index in [2.05, 4.69) is 14.6 Å². The first kappa shape index (κ1) is 10.9. The van der Waals surface area contributed by atoms with E-state index in [1.807, 2.05) is 30.1 Å². The molecule has 0 aliphatic carbocycles. The molecule has 0 bridgehead atoms. The zero-order valence-electron chi connectivity index (χ0n) is 9.80. The van der Waals surface area contributed by atoms with Gasteiger partial charge in [0.05, 0.1) is 7.11 Å². The number of rotatable bonds is 3. The molecular formula is C12H15N3OS. The Labute approximate surface area is 104 Å². The molecule has 0 N–H and O–H groups in total. The van der Waals surface area contributed by atoms with Crippen LogP contribution >= 0.6 is 11.8 Å². The molecule has 0 saturated carbocycles. The third-order valence-electron chi connectivity index (χ3n) is 3.18. The summed E-state index contributed by atoms with van der Waals surface area (Å²) < 4.78 is 7.24. The molecule has 5 heteroatoms. The quantitative estimate of drug-likeness (QED) is 0.834. The Balaban J connectivity index is 1.89. The monoisotopic (exact) mass is 249 g/mol. The third-order valence-corrected chi connectivity index (χ3v) is 4.41. The molecule has 90 valence electrons. The lowest BCUT2D eigenvalue weighted by Gasteiger charge is -2.06. The molecule has 1 aliphatic heterocycles. The number of hydrogen-bond acceptors (Lipinski definition) is 4. The van der Waals surface area contributed by atoms with Crippen LogP contribution in [-0.4, -0.2) is 33.2 Å². The summed E-state index contributed by atoms with van der Waals surface area (Å²) in [4.78, 5) is 0. The second-order valence-electron chi connectivity index (χ2n) is 4.34. The largest absolute Gasteiger partial charge is 0.497 e. The van der Waals surface area contributed by atoms with Crippen molar-refractivity contribution in [2.75, 3.05) is 18.6 Å². The first-order valence-corrected chi connectivity index (χ1v) is 6.97. The topological polar surface area (TPSA) is 39.4 Å². The molecule has 0 aromatic carbocycles. The number of methoxy groups -OCH3 is 1. The summed E-state index contributed by atoms with van der Waals surface area (Å²) in [5, 5.41) is 8.48. The molecule has 1 aliphatic rings. The number of fused-ring (bicyclic) bond motifs is 1. The van der Waals surface area contributed by atoms with E-state index in [1.165, 1.54) is 17.9 Å². The Morgan fingerprint density at radius 2 is 2.47 bits per heavy atom. The van der Waals surface area contributed by atoms with Gasteiger partial charge in [-0.3, -0.25) is 4.40 Å². The molecule has 17 heavy (non-hydrogen) atoms. The predicted molar refractivity (Wildman–Crippen MR) is 68.7 cm³/mol. The lowest BCUT2D eigenvalue weighted by molar-refractivity contribution is 0.414. The van der Waals surface area contributed by atoms with Crippen molar-refractivity contribution in [1.82, 2.24) is 14.6 Å². The summed E-state index contributed by atoms with van der Waals surface area (Å²) in [6, 6.07) is 3.86. The van der Waals surface area contributed by atoms with Gasteiger partial charge in [-0.1, -0.05) is 0 Å². The number of ether oxygens (including phenoxy) is 1. The third kappa shape index (κ3) is 2.11. The fourth-order valence-corrected chi connectivity index (χ4v) is 3.47. The predicted octanol–water partition coefficient (Wildman–Crippen LogP) is 2.03. The van der Waals surface area contributed by atoms with Crippen molar-refractivity contribution in [1.29, 1.82) is 0 Å². The van der Waals surface area contributed by atoms with E-state index in [0.29, 0.717) is 0 Å². The Kier molecular flexibility index (Phi) is 2.93. The first-order valence-electron chi connectivity index (χ1n) is 5.82. The van der Waals surface area contributed by atoms with Gasteiger partial charge in [-0.2, -0.15) is 11.8 Å². The van der Waals surface area contributed by atoms with Crippen LogP contribution in [0.4, 0.5) is 0 Å². The maximum atomic E-state index is 5.18. The van der Waals surface area contributed by atoms with E-state index in [4.69, 9.17) is 4.74 Å². The summed E-state index contributed by atoms with van der Waals surface area (Å²) >= 11 is 2.04. The fourth-order valence-electron chi connectivity index (χ4n) is 2.19. The van der Waals surface area contributed by atoms with Gasteiger partial charge < -0.3 is 4.74 Å².